The Hall–Kier alpha value is -3.56. The molecule has 2 amide bonds. The van der Waals surface area contributed by atoms with Crippen LogP contribution in [-0.2, 0) is 9.59 Å². The van der Waals surface area contributed by atoms with Crippen LogP contribution >= 0.6 is 22.7 Å². The number of nitrogens with zero attached hydrogens (tertiary/aromatic N) is 1. The minimum Gasteiger partial charge on any atom is -0.322 e. The lowest BCUT2D eigenvalue weighted by Gasteiger charge is -2.07. The summed E-state index contributed by atoms with van der Waals surface area (Å²) in [5.74, 6) is -0.898. The summed E-state index contributed by atoms with van der Waals surface area (Å²) in [6, 6.07) is 11.4. The predicted molar refractivity (Wildman–Crippen MR) is 117 cm³/mol. The molecule has 0 saturated heterocycles. The van der Waals surface area contributed by atoms with E-state index in [2.05, 4.69) is 10.6 Å². The number of thiophene rings is 2. The van der Waals surface area contributed by atoms with Gasteiger partial charge in [-0.2, -0.15) is 0 Å². The van der Waals surface area contributed by atoms with Crippen molar-refractivity contribution >= 4 is 63.7 Å². The van der Waals surface area contributed by atoms with Gasteiger partial charge in [0.25, 0.3) is 5.69 Å². The van der Waals surface area contributed by atoms with Crippen LogP contribution in [0.4, 0.5) is 17.1 Å². The van der Waals surface area contributed by atoms with Crippen molar-refractivity contribution in [1.29, 1.82) is 0 Å². The highest BCUT2D eigenvalue weighted by Gasteiger charge is 2.16. The molecule has 9 heteroatoms. The number of rotatable bonds is 7. The molecule has 0 bridgehead atoms. The van der Waals surface area contributed by atoms with Crippen molar-refractivity contribution < 1.29 is 14.5 Å². The average molecular weight is 425 g/mol. The van der Waals surface area contributed by atoms with E-state index in [1.54, 1.807) is 12.2 Å². The van der Waals surface area contributed by atoms with Gasteiger partial charge in [-0.15, -0.1) is 22.7 Å². The van der Waals surface area contributed by atoms with Gasteiger partial charge < -0.3 is 10.6 Å². The maximum Gasteiger partial charge on any atom is 0.292 e. The van der Waals surface area contributed by atoms with E-state index in [9.17, 15) is 19.7 Å². The largest absolute Gasteiger partial charge is 0.322 e. The molecular weight excluding hydrogens is 410 g/mol. The van der Waals surface area contributed by atoms with Crippen molar-refractivity contribution in [3.05, 3.63) is 85.2 Å². The van der Waals surface area contributed by atoms with Crippen LogP contribution in [0.15, 0.2) is 65.4 Å². The Morgan fingerprint density at radius 2 is 1.48 bits per heavy atom. The Labute approximate surface area is 174 Å². The average Bonchev–Trinajstić information content (AvgIpc) is 3.38. The SMILES string of the molecule is O=C(/C=C/c1cccs1)Nc1ccc([N+](=O)[O-])c(NC(=O)/C=C/c2cccs2)c1. The van der Waals surface area contributed by atoms with Crippen molar-refractivity contribution in [2.75, 3.05) is 10.6 Å². The second kappa shape index (κ2) is 9.58. The molecule has 0 fully saturated rings. The molecule has 3 rings (SSSR count). The molecule has 2 N–H and O–H groups in total. The van der Waals surface area contributed by atoms with E-state index in [4.69, 9.17) is 0 Å². The van der Waals surface area contributed by atoms with Crippen LogP contribution in [0.2, 0.25) is 0 Å². The van der Waals surface area contributed by atoms with Crippen LogP contribution < -0.4 is 10.6 Å². The third-order valence-electron chi connectivity index (χ3n) is 3.60. The van der Waals surface area contributed by atoms with E-state index in [0.717, 1.165) is 9.75 Å². The molecule has 0 atom stereocenters. The Bertz CT molecular complexity index is 1070. The molecule has 0 aliphatic carbocycles. The highest BCUT2D eigenvalue weighted by atomic mass is 32.1. The number of hydrogen-bond donors (Lipinski definition) is 2. The summed E-state index contributed by atoms with van der Waals surface area (Å²) in [6.07, 6.45) is 5.95. The summed E-state index contributed by atoms with van der Waals surface area (Å²) in [5, 5.41) is 20.1. The highest BCUT2D eigenvalue weighted by Crippen LogP contribution is 2.28. The standard InChI is InChI=1S/C20H15N3O4S2/c24-19(9-6-15-3-1-11-28-15)21-14-5-8-18(23(26)27)17(13-14)22-20(25)10-7-16-4-2-12-29-16/h1-13H,(H,21,24)(H,22,25)/b9-6+,10-7+. The molecule has 7 nitrogen and oxygen atoms in total. The van der Waals surface area contributed by atoms with Gasteiger partial charge >= 0.3 is 0 Å². The lowest BCUT2D eigenvalue weighted by Crippen LogP contribution is -2.12. The molecule has 2 heterocycles. The molecule has 2 aromatic heterocycles. The topological polar surface area (TPSA) is 101 Å². The van der Waals surface area contributed by atoms with Crippen LogP contribution in [0, 0.1) is 10.1 Å². The van der Waals surface area contributed by atoms with E-state index in [1.165, 1.54) is 53.0 Å². The number of carbonyl (C=O) groups excluding carboxylic acids is 2. The zero-order valence-corrected chi connectivity index (χ0v) is 16.5. The first-order valence-corrected chi connectivity index (χ1v) is 10.1. The van der Waals surface area contributed by atoms with Crippen LogP contribution in [-0.4, -0.2) is 16.7 Å². The second-order valence-electron chi connectivity index (χ2n) is 5.67. The van der Waals surface area contributed by atoms with Crippen LogP contribution in [0.3, 0.4) is 0 Å². The Kier molecular flexibility index (Phi) is 6.67. The van der Waals surface area contributed by atoms with E-state index >= 15 is 0 Å². The minimum absolute atomic E-state index is 0.00383. The van der Waals surface area contributed by atoms with Crippen molar-refractivity contribution in [3.8, 4) is 0 Å². The number of anilines is 2. The molecule has 0 spiro atoms. The van der Waals surface area contributed by atoms with Gasteiger partial charge in [-0.25, -0.2) is 0 Å². The first-order valence-electron chi connectivity index (χ1n) is 8.35. The monoisotopic (exact) mass is 425 g/mol. The van der Waals surface area contributed by atoms with E-state index in [0.29, 0.717) is 5.69 Å². The van der Waals surface area contributed by atoms with Crippen molar-refractivity contribution in [3.63, 3.8) is 0 Å². The minimum atomic E-state index is -0.596. The van der Waals surface area contributed by atoms with E-state index in [-0.39, 0.29) is 17.3 Å². The number of nitro benzene ring substituents is 1. The van der Waals surface area contributed by atoms with E-state index < -0.39 is 10.8 Å². The van der Waals surface area contributed by atoms with Crippen LogP contribution in [0.1, 0.15) is 9.75 Å². The maximum absolute atomic E-state index is 12.1. The smallest absolute Gasteiger partial charge is 0.292 e. The molecular formula is C20H15N3O4S2. The summed E-state index contributed by atoms with van der Waals surface area (Å²) >= 11 is 2.96. The Morgan fingerprint density at radius 3 is 2.00 bits per heavy atom. The number of carbonyl (C=O) groups is 2. The molecule has 1 aromatic carbocycles. The summed E-state index contributed by atoms with van der Waals surface area (Å²) in [5.41, 5.74) is 0.0554. The van der Waals surface area contributed by atoms with Crippen molar-refractivity contribution in [2.45, 2.75) is 0 Å². The lowest BCUT2D eigenvalue weighted by atomic mass is 10.2. The molecule has 0 aliphatic rings. The molecule has 29 heavy (non-hydrogen) atoms. The number of nitrogens with one attached hydrogen (secondary N) is 2. The quantitative estimate of drug-likeness (QED) is 0.315. The maximum atomic E-state index is 12.1. The number of amides is 2. The molecule has 0 radical (unpaired) electrons. The van der Waals surface area contributed by atoms with Gasteiger partial charge in [0.1, 0.15) is 5.69 Å². The zero-order chi connectivity index (χ0) is 20.6. The fourth-order valence-corrected chi connectivity index (χ4v) is 3.56. The fraction of sp³-hybridized carbons (Fsp3) is 0. The van der Waals surface area contributed by atoms with Crippen LogP contribution in [0.5, 0.6) is 0 Å². The van der Waals surface area contributed by atoms with Gasteiger partial charge in [0.05, 0.1) is 4.92 Å². The lowest BCUT2D eigenvalue weighted by molar-refractivity contribution is -0.383. The summed E-state index contributed by atoms with van der Waals surface area (Å²) in [7, 11) is 0. The summed E-state index contributed by atoms with van der Waals surface area (Å²) in [4.78, 5) is 36.7. The molecule has 0 unspecified atom stereocenters. The molecule has 0 aliphatic heterocycles. The number of benzene rings is 1. The molecule has 0 saturated carbocycles. The first kappa shape index (κ1) is 20.2. The predicted octanol–water partition coefficient (Wildman–Crippen LogP) is 5.02. The number of nitro groups is 1. The van der Waals surface area contributed by atoms with Gasteiger partial charge in [0.2, 0.25) is 11.8 Å². The van der Waals surface area contributed by atoms with Gasteiger partial charge in [-0.3, -0.25) is 19.7 Å². The fourth-order valence-electron chi connectivity index (χ4n) is 2.32. The second-order valence-corrected chi connectivity index (χ2v) is 7.62. The Morgan fingerprint density at radius 1 is 0.897 bits per heavy atom. The van der Waals surface area contributed by atoms with Gasteiger partial charge in [-0.1, -0.05) is 12.1 Å². The molecule has 3 aromatic rings. The highest BCUT2D eigenvalue weighted by molar-refractivity contribution is 7.11. The van der Waals surface area contributed by atoms with Crippen molar-refractivity contribution in [2.24, 2.45) is 0 Å². The van der Waals surface area contributed by atoms with Gasteiger partial charge in [0.15, 0.2) is 0 Å². The Balaban J connectivity index is 1.72. The summed E-state index contributed by atoms with van der Waals surface area (Å²) < 4.78 is 0. The zero-order valence-electron chi connectivity index (χ0n) is 14.9. The summed E-state index contributed by atoms with van der Waals surface area (Å²) in [6.45, 7) is 0. The van der Waals surface area contributed by atoms with Crippen molar-refractivity contribution in [1.82, 2.24) is 0 Å². The van der Waals surface area contributed by atoms with Gasteiger partial charge in [0, 0.05) is 33.7 Å². The third-order valence-corrected chi connectivity index (χ3v) is 5.28. The normalized spacial score (nSPS) is 11.0. The molecule has 146 valence electrons. The first-order chi connectivity index (χ1) is 14.0. The third kappa shape index (κ3) is 5.96. The van der Waals surface area contributed by atoms with Crippen LogP contribution in [0.25, 0.3) is 12.2 Å². The van der Waals surface area contributed by atoms with Gasteiger partial charge in [-0.05, 0) is 47.2 Å². The van der Waals surface area contributed by atoms with E-state index in [1.807, 2.05) is 35.0 Å². The number of hydrogen-bond acceptors (Lipinski definition) is 6.